The molecule has 152 valence electrons. The van der Waals surface area contributed by atoms with E-state index in [0.29, 0.717) is 16.9 Å². The van der Waals surface area contributed by atoms with Crippen LogP contribution in [0.5, 0.6) is 0 Å². The number of carbonyl (C=O) groups excluding carboxylic acids is 1. The highest BCUT2D eigenvalue weighted by atomic mass is 35.5. The molecule has 4 rings (SSSR count). The molecule has 3 aromatic rings. The second kappa shape index (κ2) is 7.34. The number of halogens is 1. The molecule has 1 amide bonds. The highest BCUT2D eigenvalue weighted by Gasteiger charge is 2.35. The number of nitrogens with zero attached hydrogens (tertiary/aromatic N) is 5. The van der Waals surface area contributed by atoms with Gasteiger partial charge in [0.2, 0.25) is 5.95 Å². The van der Waals surface area contributed by atoms with E-state index in [-0.39, 0.29) is 12.5 Å². The van der Waals surface area contributed by atoms with Crippen LogP contribution < -0.4 is 9.80 Å². The van der Waals surface area contributed by atoms with Crippen LogP contribution in [0.25, 0.3) is 11.0 Å². The zero-order valence-electron chi connectivity index (χ0n) is 17.5. The van der Waals surface area contributed by atoms with Crippen molar-refractivity contribution in [1.82, 2.24) is 14.5 Å². The Kier molecular flexibility index (Phi) is 4.99. The minimum absolute atomic E-state index is 0.00706. The third kappa shape index (κ3) is 3.06. The Morgan fingerprint density at radius 3 is 2.59 bits per heavy atom. The highest BCUT2D eigenvalue weighted by Crippen LogP contribution is 2.41. The Labute approximate surface area is 176 Å². The molecule has 7 heteroatoms. The lowest BCUT2D eigenvalue weighted by Gasteiger charge is -2.19. The van der Waals surface area contributed by atoms with E-state index in [4.69, 9.17) is 16.6 Å². The molecule has 1 aliphatic heterocycles. The number of imidazole rings is 1. The van der Waals surface area contributed by atoms with Crippen molar-refractivity contribution in [3.8, 4) is 0 Å². The average Bonchev–Trinajstić information content (AvgIpc) is 3.20. The Morgan fingerprint density at radius 2 is 1.97 bits per heavy atom. The Hall–Kier alpha value is -2.60. The molecule has 0 unspecified atom stereocenters. The highest BCUT2D eigenvalue weighted by molar-refractivity contribution is 6.35. The third-order valence-electron chi connectivity index (χ3n) is 5.79. The summed E-state index contributed by atoms with van der Waals surface area (Å²) in [4.78, 5) is 25.9. The summed E-state index contributed by atoms with van der Waals surface area (Å²) in [5.41, 5.74) is 4.69. The molecule has 0 radical (unpaired) electrons. The molecule has 3 heterocycles. The number of rotatable bonds is 5. The summed E-state index contributed by atoms with van der Waals surface area (Å²) >= 11 is 6.51. The van der Waals surface area contributed by atoms with Crippen LogP contribution >= 0.6 is 11.6 Å². The van der Waals surface area contributed by atoms with E-state index in [2.05, 4.69) is 24.9 Å². The molecule has 29 heavy (non-hydrogen) atoms. The quantitative estimate of drug-likeness (QED) is 0.590. The first-order valence-electron chi connectivity index (χ1n) is 10.0. The molecule has 0 N–H and O–H groups in total. The molecular weight excluding hydrogens is 386 g/mol. The van der Waals surface area contributed by atoms with Crippen LogP contribution in [0.1, 0.15) is 43.7 Å². The van der Waals surface area contributed by atoms with Gasteiger partial charge in [0, 0.05) is 14.1 Å². The molecule has 1 aliphatic rings. The minimum atomic E-state index is -0.00706. The molecule has 0 bridgehead atoms. The van der Waals surface area contributed by atoms with Gasteiger partial charge in [-0.05, 0) is 48.9 Å². The van der Waals surface area contributed by atoms with Crippen molar-refractivity contribution in [1.29, 1.82) is 0 Å². The molecule has 1 aromatic carbocycles. The Balaban J connectivity index is 1.91. The first-order chi connectivity index (χ1) is 13.9. The molecule has 0 fully saturated rings. The fourth-order valence-electron chi connectivity index (χ4n) is 4.17. The number of amides is 1. The monoisotopic (exact) mass is 411 g/mol. The van der Waals surface area contributed by atoms with E-state index in [9.17, 15) is 4.79 Å². The zero-order chi connectivity index (χ0) is 20.9. The van der Waals surface area contributed by atoms with Crippen molar-refractivity contribution in [2.75, 3.05) is 23.9 Å². The fourth-order valence-corrected chi connectivity index (χ4v) is 4.37. The molecule has 0 spiro atoms. The van der Waals surface area contributed by atoms with Gasteiger partial charge in [0.15, 0.2) is 0 Å². The van der Waals surface area contributed by atoms with Gasteiger partial charge in [-0.25, -0.2) is 14.9 Å². The predicted octanol–water partition coefficient (Wildman–Crippen LogP) is 5.04. The number of benzene rings is 1. The SMILES string of the molecule is CCC(CC)c1ccc(Cl)c2nc3n(c12)CC(=O)N3c1cnc(N(C)C)cc1C. The standard InChI is InChI=1S/C22H26ClN5O/c1-6-14(7-2)15-8-9-16(23)20-21(15)27-12-19(29)28(22(27)25-20)17-11-24-18(26(4)5)10-13(17)3/h8-11,14H,6-7,12H2,1-5H3. The second-order valence-corrected chi connectivity index (χ2v) is 8.20. The van der Waals surface area contributed by atoms with Gasteiger partial charge in [-0.15, -0.1) is 0 Å². The van der Waals surface area contributed by atoms with Gasteiger partial charge in [-0.2, -0.15) is 0 Å². The molecule has 6 nitrogen and oxygen atoms in total. The average molecular weight is 412 g/mol. The largest absolute Gasteiger partial charge is 0.363 e. The van der Waals surface area contributed by atoms with Gasteiger partial charge in [0.05, 0.1) is 22.4 Å². The predicted molar refractivity (Wildman–Crippen MR) is 119 cm³/mol. The lowest BCUT2D eigenvalue weighted by atomic mass is 9.93. The van der Waals surface area contributed by atoms with Crippen molar-refractivity contribution >= 4 is 46.0 Å². The summed E-state index contributed by atoms with van der Waals surface area (Å²) in [6.45, 7) is 6.63. The van der Waals surface area contributed by atoms with Gasteiger partial charge in [-0.3, -0.25) is 9.36 Å². The van der Waals surface area contributed by atoms with Gasteiger partial charge >= 0.3 is 0 Å². The summed E-state index contributed by atoms with van der Waals surface area (Å²) in [7, 11) is 3.90. The fraction of sp³-hybridized carbons (Fsp3) is 0.409. The van der Waals surface area contributed by atoms with Crippen LogP contribution in [0.3, 0.4) is 0 Å². The maximum atomic E-state index is 13.0. The number of aromatic nitrogens is 3. The number of anilines is 3. The first kappa shape index (κ1) is 19.7. The van der Waals surface area contributed by atoms with E-state index >= 15 is 0 Å². The normalized spacial score (nSPS) is 13.6. The number of hydrogen-bond donors (Lipinski definition) is 0. The smallest absolute Gasteiger partial charge is 0.254 e. The number of aryl methyl sites for hydroxylation is 1. The molecule has 0 saturated carbocycles. The number of carbonyl (C=O) groups is 1. The summed E-state index contributed by atoms with van der Waals surface area (Å²) < 4.78 is 2.01. The van der Waals surface area contributed by atoms with Crippen molar-refractivity contribution in [3.05, 3.63) is 40.5 Å². The van der Waals surface area contributed by atoms with Crippen molar-refractivity contribution < 1.29 is 4.79 Å². The van der Waals surface area contributed by atoms with E-state index < -0.39 is 0 Å². The maximum Gasteiger partial charge on any atom is 0.254 e. The molecular formula is C22H26ClN5O. The van der Waals surface area contributed by atoms with Crippen molar-refractivity contribution in [2.45, 2.75) is 46.1 Å². The molecule has 0 atom stereocenters. The van der Waals surface area contributed by atoms with Crippen LogP contribution in [0, 0.1) is 6.92 Å². The van der Waals surface area contributed by atoms with E-state index in [0.717, 1.165) is 40.9 Å². The molecule has 0 aliphatic carbocycles. The van der Waals surface area contributed by atoms with Crippen LogP contribution in [-0.4, -0.2) is 34.5 Å². The zero-order valence-corrected chi connectivity index (χ0v) is 18.3. The number of pyridine rings is 1. The minimum Gasteiger partial charge on any atom is -0.363 e. The van der Waals surface area contributed by atoms with Crippen LogP contribution in [0.4, 0.5) is 17.5 Å². The van der Waals surface area contributed by atoms with Crippen molar-refractivity contribution in [3.63, 3.8) is 0 Å². The van der Waals surface area contributed by atoms with Gasteiger partial charge in [0.1, 0.15) is 17.9 Å². The van der Waals surface area contributed by atoms with Crippen LogP contribution in [0.15, 0.2) is 24.4 Å². The third-order valence-corrected chi connectivity index (χ3v) is 6.10. The molecule has 0 saturated heterocycles. The van der Waals surface area contributed by atoms with Gasteiger partial charge in [0.25, 0.3) is 5.91 Å². The summed E-state index contributed by atoms with van der Waals surface area (Å²) in [5, 5.41) is 0.613. The Morgan fingerprint density at radius 1 is 1.24 bits per heavy atom. The summed E-state index contributed by atoms with van der Waals surface area (Å²) in [6.07, 6.45) is 3.81. The number of fused-ring (bicyclic) bond motifs is 3. The lowest BCUT2D eigenvalue weighted by Crippen LogP contribution is -2.23. The van der Waals surface area contributed by atoms with Crippen LogP contribution in [0.2, 0.25) is 5.02 Å². The summed E-state index contributed by atoms with van der Waals surface area (Å²) in [6, 6.07) is 5.99. The van der Waals surface area contributed by atoms with Gasteiger partial charge in [-0.1, -0.05) is 31.5 Å². The van der Waals surface area contributed by atoms with Crippen molar-refractivity contribution in [2.24, 2.45) is 0 Å². The summed E-state index contributed by atoms with van der Waals surface area (Å²) in [5.74, 6) is 1.87. The Bertz CT molecular complexity index is 1100. The lowest BCUT2D eigenvalue weighted by molar-refractivity contribution is -0.117. The molecule has 2 aromatic heterocycles. The van der Waals surface area contributed by atoms with Gasteiger partial charge < -0.3 is 4.90 Å². The maximum absolute atomic E-state index is 13.0. The van der Waals surface area contributed by atoms with E-state index in [1.54, 1.807) is 11.1 Å². The second-order valence-electron chi connectivity index (χ2n) is 7.80. The van der Waals surface area contributed by atoms with E-state index in [1.807, 2.05) is 42.6 Å². The first-order valence-corrected chi connectivity index (χ1v) is 10.4. The van der Waals surface area contributed by atoms with Crippen LogP contribution in [-0.2, 0) is 11.3 Å². The number of hydrogen-bond acceptors (Lipinski definition) is 4. The van der Waals surface area contributed by atoms with E-state index in [1.165, 1.54) is 5.56 Å². The topological polar surface area (TPSA) is 54.3 Å².